The predicted molar refractivity (Wildman–Crippen MR) is 37.3 cm³/mol. The quantitative estimate of drug-likeness (QED) is 0.568. The summed E-state index contributed by atoms with van der Waals surface area (Å²) in [5.41, 5.74) is 0. The van der Waals surface area contributed by atoms with Gasteiger partial charge < -0.3 is 9.47 Å². The minimum Gasteiger partial charge on any atom is -0.461 e. The van der Waals surface area contributed by atoms with E-state index >= 15 is 0 Å². The monoisotopic (exact) mass is 159 g/mol. The molecule has 0 fully saturated rings. The van der Waals surface area contributed by atoms with Crippen molar-refractivity contribution in [3.05, 3.63) is 6.10 Å². The van der Waals surface area contributed by atoms with E-state index in [9.17, 15) is 9.59 Å². The number of carbonyl (C=O) groups is 2. The molecule has 0 amide bonds. The molecular formula is C7H11O4. The van der Waals surface area contributed by atoms with Crippen molar-refractivity contribution in [2.45, 2.75) is 20.8 Å². The molecule has 0 unspecified atom stereocenters. The molecule has 0 rings (SSSR count). The summed E-state index contributed by atoms with van der Waals surface area (Å²) in [5, 5.41) is 0. The molecule has 0 aliphatic rings. The zero-order valence-corrected chi connectivity index (χ0v) is 6.84. The van der Waals surface area contributed by atoms with E-state index in [0.29, 0.717) is 6.10 Å². The first kappa shape index (κ1) is 9.94. The van der Waals surface area contributed by atoms with Crippen LogP contribution in [-0.4, -0.2) is 18.5 Å². The fourth-order valence-corrected chi connectivity index (χ4v) is 0.478. The van der Waals surface area contributed by atoms with Gasteiger partial charge in [0.15, 0.2) is 6.10 Å². The number of hydrogen-bond acceptors (Lipinski definition) is 4. The molecule has 0 atom stereocenters. The number of ether oxygens (including phenoxy) is 2. The number of rotatable bonds is 3. The molecule has 0 aromatic carbocycles. The molecule has 0 aliphatic heterocycles. The summed E-state index contributed by atoms with van der Waals surface area (Å²) < 4.78 is 9.15. The maximum absolute atomic E-state index is 10.3. The Morgan fingerprint density at radius 1 is 1.09 bits per heavy atom. The fourth-order valence-electron chi connectivity index (χ4n) is 0.478. The first-order valence-corrected chi connectivity index (χ1v) is 3.16. The van der Waals surface area contributed by atoms with Crippen LogP contribution in [0.5, 0.6) is 0 Å². The van der Waals surface area contributed by atoms with Gasteiger partial charge in [0.1, 0.15) is 6.61 Å². The molecule has 0 N–H and O–H groups in total. The molecule has 0 spiro atoms. The van der Waals surface area contributed by atoms with Crippen LogP contribution in [0.25, 0.3) is 0 Å². The molecule has 1 radical (unpaired) electrons. The second kappa shape index (κ2) is 4.71. The highest BCUT2D eigenvalue weighted by Gasteiger charge is 2.07. The van der Waals surface area contributed by atoms with Crippen molar-refractivity contribution in [2.75, 3.05) is 6.61 Å². The summed E-state index contributed by atoms with van der Waals surface area (Å²) >= 11 is 0. The van der Waals surface area contributed by atoms with Gasteiger partial charge in [-0.3, -0.25) is 9.59 Å². The van der Waals surface area contributed by atoms with Gasteiger partial charge in [-0.1, -0.05) is 0 Å². The molecule has 0 saturated carbocycles. The molecule has 4 nitrogen and oxygen atoms in total. The minimum absolute atomic E-state index is 0.0366. The molecule has 4 heteroatoms. The third-order valence-electron chi connectivity index (χ3n) is 0.797. The Labute approximate surface area is 65.5 Å². The molecule has 0 bridgehead atoms. The highest BCUT2D eigenvalue weighted by molar-refractivity contribution is 5.67. The van der Waals surface area contributed by atoms with Crippen molar-refractivity contribution in [3.8, 4) is 0 Å². The standard InChI is InChI=1S/C7H11O4/c1-5(11-7(3)9)4-10-6(2)8/h4H2,1-3H3. The van der Waals surface area contributed by atoms with Gasteiger partial charge in [-0.15, -0.1) is 0 Å². The summed E-state index contributed by atoms with van der Waals surface area (Å²) in [6.45, 7) is 4.19. The molecule has 0 heterocycles. The van der Waals surface area contributed by atoms with Crippen molar-refractivity contribution in [1.29, 1.82) is 0 Å². The van der Waals surface area contributed by atoms with Crippen LogP contribution < -0.4 is 0 Å². The lowest BCUT2D eigenvalue weighted by Gasteiger charge is -2.08. The molecule has 0 aliphatic carbocycles. The van der Waals surface area contributed by atoms with Gasteiger partial charge in [0.25, 0.3) is 0 Å². The Kier molecular flexibility index (Phi) is 4.26. The van der Waals surface area contributed by atoms with Crippen LogP contribution in [0.4, 0.5) is 0 Å². The Balaban J connectivity index is 3.44. The summed E-state index contributed by atoms with van der Waals surface area (Å²) in [7, 11) is 0. The topological polar surface area (TPSA) is 52.6 Å². The molecule has 63 valence electrons. The summed E-state index contributed by atoms with van der Waals surface area (Å²) in [4.78, 5) is 20.6. The second-order valence-corrected chi connectivity index (χ2v) is 2.08. The van der Waals surface area contributed by atoms with Crippen LogP contribution >= 0.6 is 0 Å². The Morgan fingerprint density at radius 3 is 2.00 bits per heavy atom. The van der Waals surface area contributed by atoms with Gasteiger partial charge in [-0.2, -0.15) is 0 Å². The zero-order chi connectivity index (χ0) is 8.85. The highest BCUT2D eigenvalue weighted by Crippen LogP contribution is 2.01. The van der Waals surface area contributed by atoms with E-state index in [1.807, 2.05) is 0 Å². The van der Waals surface area contributed by atoms with E-state index in [2.05, 4.69) is 9.47 Å². The van der Waals surface area contributed by atoms with Crippen LogP contribution in [0.3, 0.4) is 0 Å². The van der Waals surface area contributed by atoms with Gasteiger partial charge in [0.05, 0.1) is 0 Å². The van der Waals surface area contributed by atoms with Crippen LogP contribution in [0, 0.1) is 6.10 Å². The van der Waals surface area contributed by atoms with E-state index < -0.39 is 11.9 Å². The first-order valence-electron chi connectivity index (χ1n) is 3.16. The lowest BCUT2D eigenvalue weighted by molar-refractivity contribution is -0.148. The SMILES string of the molecule is C[C](COC(C)=O)OC(C)=O. The minimum atomic E-state index is -0.408. The van der Waals surface area contributed by atoms with Crippen LogP contribution in [0.1, 0.15) is 20.8 Å². The smallest absolute Gasteiger partial charge is 0.303 e. The second-order valence-electron chi connectivity index (χ2n) is 2.08. The van der Waals surface area contributed by atoms with E-state index in [-0.39, 0.29) is 6.61 Å². The molecule has 0 saturated heterocycles. The van der Waals surface area contributed by atoms with Crippen LogP contribution in [0.15, 0.2) is 0 Å². The lowest BCUT2D eigenvalue weighted by atomic mass is 10.4. The Morgan fingerprint density at radius 2 is 1.64 bits per heavy atom. The maximum Gasteiger partial charge on any atom is 0.303 e. The van der Waals surface area contributed by atoms with E-state index in [1.54, 1.807) is 6.92 Å². The highest BCUT2D eigenvalue weighted by atomic mass is 16.6. The van der Waals surface area contributed by atoms with Crippen molar-refractivity contribution < 1.29 is 19.1 Å². The molecule has 0 aromatic rings. The molecule has 11 heavy (non-hydrogen) atoms. The van der Waals surface area contributed by atoms with Crippen molar-refractivity contribution in [3.63, 3.8) is 0 Å². The van der Waals surface area contributed by atoms with Crippen LogP contribution in [-0.2, 0) is 19.1 Å². The average molecular weight is 159 g/mol. The average Bonchev–Trinajstić information content (AvgIpc) is 1.82. The van der Waals surface area contributed by atoms with Gasteiger partial charge >= 0.3 is 11.9 Å². The van der Waals surface area contributed by atoms with Gasteiger partial charge in [-0.05, 0) is 6.92 Å². The summed E-state index contributed by atoms with van der Waals surface area (Å²) in [6, 6.07) is 0. The molecule has 0 aromatic heterocycles. The largest absolute Gasteiger partial charge is 0.461 e. The van der Waals surface area contributed by atoms with E-state index in [0.717, 1.165) is 0 Å². The van der Waals surface area contributed by atoms with Crippen molar-refractivity contribution in [2.24, 2.45) is 0 Å². The summed E-state index contributed by atoms with van der Waals surface area (Å²) in [5.74, 6) is -0.800. The third kappa shape index (κ3) is 6.83. The Bertz CT molecular complexity index is 153. The normalized spacial score (nSPS) is 9.45. The lowest BCUT2D eigenvalue weighted by Crippen LogP contribution is -2.12. The first-order chi connectivity index (χ1) is 5.02. The maximum atomic E-state index is 10.3. The number of esters is 2. The van der Waals surface area contributed by atoms with E-state index in [1.165, 1.54) is 13.8 Å². The van der Waals surface area contributed by atoms with Crippen molar-refractivity contribution >= 4 is 11.9 Å². The molecular weight excluding hydrogens is 148 g/mol. The number of carbonyl (C=O) groups excluding carboxylic acids is 2. The number of hydrogen-bond donors (Lipinski definition) is 0. The van der Waals surface area contributed by atoms with Gasteiger partial charge in [0.2, 0.25) is 0 Å². The third-order valence-corrected chi connectivity index (χ3v) is 0.797. The fraction of sp³-hybridized carbons (Fsp3) is 0.571. The zero-order valence-electron chi connectivity index (χ0n) is 6.84. The predicted octanol–water partition coefficient (Wildman–Crippen LogP) is 0.664. The van der Waals surface area contributed by atoms with Crippen LogP contribution in [0.2, 0.25) is 0 Å². The van der Waals surface area contributed by atoms with Crippen molar-refractivity contribution in [1.82, 2.24) is 0 Å². The van der Waals surface area contributed by atoms with E-state index in [4.69, 9.17) is 0 Å². The summed E-state index contributed by atoms with van der Waals surface area (Å²) in [6.07, 6.45) is 0.382. The van der Waals surface area contributed by atoms with Gasteiger partial charge in [-0.25, -0.2) is 0 Å². The van der Waals surface area contributed by atoms with Gasteiger partial charge in [0, 0.05) is 13.8 Å². The Hall–Kier alpha value is -1.06.